The molecule has 0 radical (unpaired) electrons. The normalized spacial score (nSPS) is 15.9. The van der Waals surface area contributed by atoms with Crippen LogP contribution in [0.25, 0.3) is 0 Å². The van der Waals surface area contributed by atoms with Crippen molar-refractivity contribution < 1.29 is 4.79 Å². The first-order chi connectivity index (χ1) is 11.6. The Labute approximate surface area is 148 Å². The molecule has 0 aliphatic carbocycles. The third kappa shape index (κ3) is 3.59. The number of hydrogen-bond donors (Lipinski definition) is 0. The molecule has 0 bridgehead atoms. The molecule has 1 heterocycles. The second-order valence-corrected chi connectivity index (χ2v) is 7.58. The van der Waals surface area contributed by atoms with Crippen LogP contribution < -0.4 is 4.90 Å². The lowest BCUT2D eigenvalue weighted by Gasteiger charge is -2.24. The van der Waals surface area contributed by atoms with Crippen LogP contribution in [0.15, 0.2) is 53.4 Å². The lowest BCUT2D eigenvalue weighted by Crippen LogP contribution is -2.37. The Morgan fingerprint density at radius 2 is 1.83 bits per heavy atom. The monoisotopic (exact) mass is 340 g/mol. The van der Waals surface area contributed by atoms with Crippen molar-refractivity contribution in [1.82, 2.24) is 4.90 Å². The highest BCUT2D eigenvalue weighted by atomic mass is 32.2. The van der Waals surface area contributed by atoms with Crippen LogP contribution in [0, 0.1) is 0 Å². The van der Waals surface area contributed by atoms with E-state index in [9.17, 15) is 4.79 Å². The van der Waals surface area contributed by atoms with E-state index in [0.717, 1.165) is 13.0 Å². The number of rotatable bonds is 5. The van der Waals surface area contributed by atoms with E-state index in [4.69, 9.17) is 0 Å². The van der Waals surface area contributed by atoms with Gasteiger partial charge in [-0.05, 0) is 42.7 Å². The first-order valence-electron chi connectivity index (χ1n) is 8.38. The minimum atomic E-state index is 0.0170. The van der Waals surface area contributed by atoms with Gasteiger partial charge in [0.15, 0.2) is 0 Å². The number of anilines is 1. The number of carbonyl (C=O) groups is 1. The lowest BCUT2D eigenvalue weighted by molar-refractivity contribution is -0.130. The number of fused-ring (bicyclic) bond motifs is 1. The maximum Gasteiger partial charge on any atom is 0.236 e. The van der Waals surface area contributed by atoms with Gasteiger partial charge in [-0.25, -0.2) is 0 Å². The van der Waals surface area contributed by atoms with Crippen LogP contribution in [0.2, 0.25) is 0 Å². The Hall–Kier alpha value is -1.94. The molecule has 1 aliphatic heterocycles. The number of nitrogens with zero attached hydrogens (tertiary/aromatic N) is 2. The molecule has 2 aromatic rings. The molecule has 3 rings (SSSR count). The quantitative estimate of drug-likeness (QED) is 0.827. The van der Waals surface area contributed by atoms with Gasteiger partial charge in [0.1, 0.15) is 0 Å². The molecule has 3 nitrogen and oxygen atoms in total. The fourth-order valence-electron chi connectivity index (χ4n) is 2.99. The zero-order chi connectivity index (χ0) is 17.1. The Morgan fingerprint density at radius 1 is 1.12 bits per heavy atom. The van der Waals surface area contributed by atoms with Gasteiger partial charge in [0.05, 0.1) is 5.25 Å². The Balaban J connectivity index is 1.67. The molecule has 0 N–H and O–H groups in total. The van der Waals surface area contributed by atoms with Gasteiger partial charge in [-0.1, -0.05) is 30.3 Å². The first kappa shape index (κ1) is 16.9. The highest BCUT2D eigenvalue weighted by Crippen LogP contribution is 2.37. The molecular formula is C20H24N2OS. The largest absolute Gasteiger partial charge is 0.378 e. The molecule has 4 heteroatoms. The summed E-state index contributed by atoms with van der Waals surface area (Å²) in [5.41, 5.74) is 3.65. The SMILES string of the molecule is CCN(Cc1ccc(N(C)C)cc1)C(=O)C1Cc2ccccc2S1. The van der Waals surface area contributed by atoms with E-state index in [0.29, 0.717) is 6.54 Å². The summed E-state index contributed by atoms with van der Waals surface area (Å²) < 4.78 is 0. The maximum atomic E-state index is 12.9. The van der Waals surface area contributed by atoms with E-state index >= 15 is 0 Å². The van der Waals surface area contributed by atoms with Crippen molar-refractivity contribution in [3.8, 4) is 0 Å². The molecule has 1 atom stereocenters. The van der Waals surface area contributed by atoms with Crippen molar-refractivity contribution >= 4 is 23.4 Å². The van der Waals surface area contributed by atoms with Crippen LogP contribution in [0.1, 0.15) is 18.1 Å². The van der Waals surface area contributed by atoms with Crippen LogP contribution in [-0.2, 0) is 17.8 Å². The summed E-state index contributed by atoms with van der Waals surface area (Å²) in [6.07, 6.45) is 0.843. The smallest absolute Gasteiger partial charge is 0.236 e. The maximum absolute atomic E-state index is 12.9. The minimum absolute atomic E-state index is 0.0170. The fourth-order valence-corrected chi connectivity index (χ4v) is 4.27. The predicted octanol–water partition coefficient (Wildman–Crippen LogP) is 3.82. The zero-order valence-corrected chi connectivity index (χ0v) is 15.3. The van der Waals surface area contributed by atoms with Crippen molar-refractivity contribution in [3.05, 3.63) is 59.7 Å². The molecule has 24 heavy (non-hydrogen) atoms. The summed E-state index contributed by atoms with van der Waals surface area (Å²) >= 11 is 1.71. The predicted molar refractivity (Wildman–Crippen MR) is 102 cm³/mol. The van der Waals surface area contributed by atoms with Crippen LogP contribution in [0.5, 0.6) is 0 Å². The summed E-state index contributed by atoms with van der Waals surface area (Å²) in [4.78, 5) is 18.2. The lowest BCUT2D eigenvalue weighted by atomic mass is 10.1. The molecular weight excluding hydrogens is 316 g/mol. The Kier molecular flexibility index (Phi) is 5.14. The molecule has 126 valence electrons. The first-order valence-corrected chi connectivity index (χ1v) is 9.26. The number of carbonyl (C=O) groups excluding carboxylic acids is 1. The number of benzene rings is 2. The van der Waals surface area contributed by atoms with Crippen LogP contribution in [-0.4, -0.2) is 36.7 Å². The fraction of sp³-hybridized carbons (Fsp3) is 0.350. The van der Waals surface area contributed by atoms with Crippen LogP contribution in [0.4, 0.5) is 5.69 Å². The van der Waals surface area contributed by atoms with Gasteiger partial charge in [-0.2, -0.15) is 0 Å². The van der Waals surface area contributed by atoms with Gasteiger partial charge in [0.25, 0.3) is 0 Å². The van der Waals surface area contributed by atoms with Gasteiger partial charge in [0, 0.05) is 37.8 Å². The second kappa shape index (κ2) is 7.31. The summed E-state index contributed by atoms with van der Waals surface area (Å²) in [6, 6.07) is 16.8. The highest BCUT2D eigenvalue weighted by molar-refractivity contribution is 8.01. The summed E-state index contributed by atoms with van der Waals surface area (Å²) in [6.45, 7) is 3.47. The van der Waals surface area contributed by atoms with Crippen molar-refractivity contribution in [1.29, 1.82) is 0 Å². The summed E-state index contributed by atoms with van der Waals surface area (Å²) in [5, 5.41) is 0.0170. The van der Waals surface area contributed by atoms with E-state index in [1.165, 1.54) is 21.7 Å². The zero-order valence-electron chi connectivity index (χ0n) is 14.5. The Morgan fingerprint density at radius 3 is 2.46 bits per heavy atom. The summed E-state index contributed by atoms with van der Waals surface area (Å²) in [5.74, 6) is 0.246. The van der Waals surface area contributed by atoms with Gasteiger partial charge in [-0.3, -0.25) is 4.79 Å². The molecule has 0 saturated heterocycles. The molecule has 2 aromatic carbocycles. The highest BCUT2D eigenvalue weighted by Gasteiger charge is 2.30. The van der Waals surface area contributed by atoms with Crippen molar-refractivity contribution in [3.63, 3.8) is 0 Å². The van der Waals surface area contributed by atoms with E-state index in [-0.39, 0.29) is 11.2 Å². The number of hydrogen-bond acceptors (Lipinski definition) is 3. The minimum Gasteiger partial charge on any atom is -0.378 e. The molecule has 1 unspecified atom stereocenters. The van der Waals surface area contributed by atoms with Crippen molar-refractivity contribution in [2.24, 2.45) is 0 Å². The molecule has 1 aliphatic rings. The van der Waals surface area contributed by atoms with Gasteiger partial charge in [-0.15, -0.1) is 11.8 Å². The van der Waals surface area contributed by atoms with E-state index in [2.05, 4.69) is 54.3 Å². The molecule has 1 amide bonds. The topological polar surface area (TPSA) is 23.6 Å². The van der Waals surface area contributed by atoms with Crippen molar-refractivity contribution in [2.45, 2.75) is 30.0 Å². The second-order valence-electron chi connectivity index (χ2n) is 6.33. The van der Waals surface area contributed by atoms with Crippen LogP contribution in [0.3, 0.4) is 0 Å². The molecule has 0 saturated carbocycles. The van der Waals surface area contributed by atoms with Gasteiger partial charge < -0.3 is 9.80 Å². The van der Waals surface area contributed by atoms with E-state index in [1.54, 1.807) is 11.8 Å². The molecule has 0 aromatic heterocycles. The standard InChI is InChI=1S/C20H24N2OS/c1-4-22(14-15-9-11-17(12-10-15)21(2)3)20(23)19-13-16-7-5-6-8-18(16)24-19/h5-12,19H,4,13-14H2,1-3H3. The Bertz CT molecular complexity index is 687. The van der Waals surface area contributed by atoms with E-state index in [1.807, 2.05) is 25.1 Å². The van der Waals surface area contributed by atoms with Gasteiger partial charge >= 0.3 is 0 Å². The molecule has 0 spiro atoms. The third-order valence-electron chi connectivity index (χ3n) is 4.44. The van der Waals surface area contributed by atoms with Crippen LogP contribution >= 0.6 is 11.8 Å². The average Bonchev–Trinajstić information content (AvgIpc) is 3.03. The third-order valence-corrected chi connectivity index (χ3v) is 5.75. The van der Waals surface area contributed by atoms with Crippen molar-refractivity contribution in [2.75, 3.05) is 25.5 Å². The van der Waals surface area contributed by atoms with E-state index < -0.39 is 0 Å². The summed E-state index contributed by atoms with van der Waals surface area (Å²) in [7, 11) is 4.07. The number of thioether (sulfide) groups is 1. The average molecular weight is 340 g/mol. The van der Waals surface area contributed by atoms with Gasteiger partial charge in [0.2, 0.25) is 5.91 Å². The molecule has 0 fully saturated rings. The number of amides is 1.